The maximum absolute atomic E-state index is 12.7. The number of hydrogen-bond donors (Lipinski definition) is 2. The predicted molar refractivity (Wildman–Crippen MR) is 124 cm³/mol. The molecule has 0 bridgehead atoms. The topological polar surface area (TPSA) is 70.7 Å². The Bertz CT molecular complexity index is 1030. The molecule has 0 aliphatic carbocycles. The molecule has 3 rings (SSSR count). The summed E-state index contributed by atoms with van der Waals surface area (Å²) in [6.45, 7) is 4.89. The number of carbonyl (C=O) groups excluding carboxylic acids is 2. The highest BCUT2D eigenvalue weighted by Crippen LogP contribution is 2.19. The van der Waals surface area contributed by atoms with Crippen LogP contribution in [0.2, 0.25) is 0 Å². The second kappa shape index (κ2) is 10.3. The normalized spacial score (nSPS) is 10.3. The van der Waals surface area contributed by atoms with Crippen LogP contribution in [0, 0.1) is 6.92 Å². The van der Waals surface area contributed by atoms with Gasteiger partial charge in [-0.3, -0.25) is 4.79 Å². The SMILES string of the molecule is CCOc1ccc(CN(C)C(=O)Nc2cc(C(=O)Nc3ccccc3)ccc2C)cc1. The van der Waals surface area contributed by atoms with E-state index >= 15 is 0 Å². The summed E-state index contributed by atoms with van der Waals surface area (Å²) in [4.78, 5) is 26.9. The highest BCUT2D eigenvalue weighted by Gasteiger charge is 2.13. The van der Waals surface area contributed by atoms with Gasteiger partial charge in [-0.1, -0.05) is 36.4 Å². The fourth-order valence-corrected chi connectivity index (χ4v) is 3.04. The first-order valence-corrected chi connectivity index (χ1v) is 10.2. The Morgan fingerprint density at radius 2 is 1.65 bits per heavy atom. The van der Waals surface area contributed by atoms with E-state index in [0.717, 1.165) is 16.9 Å². The van der Waals surface area contributed by atoms with Crippen LogP contribution in [0.4, 0.5) is 16.2 Å². The lowest BCUT2D eigenvalue weighted by Gasteiger charge is -2.19. The molecule has 0 unspecified atom stereocenters. The van der Waals surface area contributed by atoms with Gasteiger partial charge in [-0.05, 0) is 61.4 Å². The van der Waals surface area contributed by atoms with Crippen LogP contribution in [0.3, 0.4) is 0 Å². The molecule has 0 aliphatic heterocycles. The largest absolute Gasteiger partial charge is 0.494 e. The number of hydrogen-bond acceptors (Lipinski definition) is 3. The number of ether oxygens (including phenoxy) is 1. The molecule has 3 aromatic carbocycles. The molecule has 160 valence electrons. The molecule has 0 saturated heterocycles. The average Bonchev–Trinajstić information content (AvgIpc) is 2.77. The van der Waals surface area contributed by atoms with Crippen molar-refractivity contribution >= 4 is 23.3 Å². The van der Waals surface area contributed by atoms with Crippen molar-refractivity contribution in [1.82, 2.24) is 4.90 Å². The van der Waals surface area contributed by atoms with Gasteiger partial charge in [-0.15, -0.1) is 0 Å². The van der Waals surface area contributed by atoms with Gasteiger partial charge in [-0.2, -0.15) is 0 Å². The summed E-state index contributed by atoms with van der Waals surface area (Å²) < 4.78 is 5.45. The molecule has 0 heterocycles. The van der Waals surface area contributed by atoms with E-state index in [2.05, 4.69) is 10.6 Å². The van der Waals surface area contributed by atoms with Crippen LogP contribution < -0.4 is 15.4 Å². The van der Waals surface area contributed by atoms with Gasteiger partial charge in [0.05, 0.1) is 6.61 Å². The Labute approximate surface area is 182 Å². The molecule has 0 saturated carbocycles. The molecule has 0 atom stereocenters. The van der Waals surface area contributed by atoms with Crippen molar-refractivity contribution in [3.05, 3.63) is 89.5 Å². The lowest BCUT2D eigenvalue weighted by molar-refractivity contribution is 0.102. The minimum absolute atomic E-state index is 0.232. The lowest BCUT2D eigenvalue weighted by atomic mass is 10.1. The number of nitrogens with one attached hydrogen (secondary N) is 2. The molecule has 3 aromatic rings. The second-order valence-corrected chi connectivity index (χ2v) is 7.21. The van der Waals surface area contributed by atoms with Gasteiger partial charge in [0.1, 0.15) is 5.75 Å². The number of carbonyl (C=O) groups is 2. The molecule has 0 fully saturated rings. The standard InChI is InChI=1S/C25H27N3O3/c1-4-31-22-14-11-19(12-15-22)17-28(3)25(30)27-23-16-20(13-10-18(23)2)24(29)26-21-8-6-5-7-9-21/h5-16H,4,17H2,1-3H3,(H,26,29)(H,27,30). The van der Waals surface area contributed by atoms with Crippen molar-refractivity contribution in [1.29, 1.82) is 0 Å². The number of anilines is 2. The third kappa shape index (κ3) is 6.09. The van der Waals surface area contributed by atoms with Crippen molar-refractivity contribution in [3.63, 3.8) is 0 Å². The second-order valence-electron chi connectivity index (χ2n) is 7.21. The Morgan fingerprint density at radius 1 is 0.935 bits per heavy atom. The van der Waals surface area contributed by atoms with Crippen molar-refractivity contribution in [3.8, 4) is 5.75 Å². The molecular formula is C25H27N3O3. The highest BCUT2D eigenvalue weighted by molar-refractivity contribution is 6.05. The monoisotopic (exact) mass is 417 g/mol. The van der Waals surface area contributed by atoms with Gasteiger partial charge in [0.15, 0.2) is 0 Å². The maximum Gasteiger partial charge on any atom is 0.321 e. The molecule has 6 heteroatoms. The summed E-state index contributed by atoms with van der Waals surface area (Å²) in [6.07, 6.45) is 0. The van der Waals surface area contributed by atoms with Gasteiger partial charge < -0.3 is 20.3 Å². The summed E-state index contributed by atoms with van der Waals surface area (Å²) in [5.41, 5.74) is 3.66. The summed E-state index contributed by atoms with van der Waals surface area (Å²) in [7, 11) is 1.73. The van der Waals surface area contributed by atoms with Gasteiger partial charge >= 0.3 is 6.03 Å². The average molecular weight is 418 g/mol. The zero-order valence-corrected chi connectivity index (χ0v) is 18.0. The van der Waals surface area contributed by atoms with E-state index in [0.29, 0.717) is 30.1 Å². The van der Waals surface area contributed by atoms with Crippen molar-refractivity contribution in [2.45, 2.75) is 20.4 Å². The first-order valence-electron chi connectivity index (χ1n) is 10.2. The van der Waals surface area contributed by atoms with Gasteiger partial charge in [-0.25, -0.2) is 4.79 Å². The third-order valence-electron chi connectivity index (χ3n) is 4.77. The smallest absolute Gasteiger partial charge is 0.321 e. The molecule has 3 amide bonds. The molecular weight excluding hydrogens is 390 g/mol. The fraction of sp³-hybridized carbons (Fsp3) is 0.200. The van der Waals surface area contributed by atoms with Gasteiger partial charge in [0.2, 0.25) is 0 Å². The quantitative estimate of drug-likeness (QED) is 0.547. The van der Waals surface area contributed by atoms with Crippen LogP contribution in [0.25, 0.3) is 0 Å². The Kier molecular flexibility index (Phi) is 7.27. The van der Waals surface area contributed by atoms with E-state index in [4.69, 9.17) is 4.74 Å². The van der Waals surface area contributed by atoms with Crippen LogP contribution in [0.1, 0.15) is 28.4 Å². The zero-order valence-electron chi connectivity index (χ0n) is 18.0. The van der Waals surface area contributed by atoms with Gasteiger partial charge in [0, 0.05) is 30.5 Å². The minimum atomic E-state index is -0.252. The maximum atomic E-state index is 12.7. The highest BCUT2D eigenvalue weighted by atomic mass is 16.5. The van der Waals surface area contributed by atoms with E-state index in [1.54, 1.807) is 24.1 Å². The van der Waals surface area contributed by atoms with E-state index in [1.807, 2.05) is 74.5 Å². The van der Waals surface area contributed by atoms with E-state index in [-0.39, 0.29) is 11.9 Å². The summed E-state index contributed by atoms with van der Waals surface area (Å²) in [5, 5.41) is 5.76. The van der Waals surface area contributed by atoms with Gasteiger partial charge in [0.25, 0.3) is 5.91 Å². The zero-order chi connectivity index (χ0) is 22.2. The van der Waals surface area contributed by atoms with Crippen molar-refractivity contribution < 1.29 is 14.3 Å². The van der Waals surface area contributed by atoms with Crippen LogP contribution in [0.5, 0.6) is 5.75 Å². The van der Waals surface area contributed by atoms with Crippen LogP contribution >= 0.6 is 0 Å². The number of para-hydroxylation sites is 1. The summed E-state index contributed by atoms with van der Waals surface area (Å²) in [5.74, 6) is 0.573. The number of urea groups is 1. The fourth-order valence-electron chi connectivity index (χ4n) is 3.04. The number of aryl methyl sites for hydroxylation is 1. The van der Waals surface area contributed by atoms with Crippen molar-refractivity contribution in [2.75, 3.05) is 24.3 Å². The first-order chi connectivity index (χ1) is 15.0. The Morgan fingerprint density at radius 3 is 2.32 bits per heavy atom. The molecule has 0 aliphatic rings. The van der Waals surface area contributed by atoms with Crippen LogP contribution in [0.15, 0.2) is 72.8 Å². The van der Waals surface area contributed by atoms with Crippen LogP contribution in [-0.4, -0.2) is 30.5 Å². The predicted octanol–water partition coefficient (Wildman–Crippen LogP) is 5.31. The Balaban J connectivity index is 1.64. The third-order valence-corrected chi connectivity index (χ3v) is 4.77. The molecule has 6 nitrogen and oxygen atoms in total. The number of amides is 3. The molecule has 0 aromatic heterocycles. The van der Waals surface area contributed by atoms with E-state index in [1.165, 1.54) is 0 Å². The number of benzene rings is 3. The molecule has 31 heavy (non-hydrogen) atoms. The summed E-state index contributed by atoms with van der Waals surface area (Å²) in [6, 6.07) is 21.9. The summed E-state index contributed by atoms with van der Waals surface area (Å²) >= 11 is 0. The number of rotatable bonds is 7. The van der Waals surface area contributed by atoms with E-state index in [9.17, 15) is 9.59 Å². The molecule has 0 spiro atoms. The Hall–Kier alpha value is -3.80. The molecule has 2 N–H and O–H groups in total. The molecule has 0 radical (unpaired) electrons. The van der Waals surface area contributed by atoms with Crippen molar-refractivity contribution in [2.24, 2.45) is 0 Å². The number of nitrogens with zero attached hydrogens (tertiary/aromatic N) is 1. The first kappa shape index (κ1) is 21.9. The minimum Gasteiger partial charge on any atom is -0.494 e. The van der Waals surface area contributed by atoms with Crippen LogP contribution in [-0.2, 0) is 6.54 Å². The lowest BCUT2D eigenvalue weighted by Crippen LogP contribution is -2.31. The van der Waals surface area contributed by atoms with E-state index < -0.39 is 0 Å².